The molecule has 0 spiro atoms. The minimum Gasteiger partial charge on any atom is -0.344 e. The molecule has 0 radical (unpaired) electrons. The van der Waals surface area contributed by atoms with Gasteiger partial charge in [0.2, 0.25) is 5.91 Å². The summed E-state index contributed by atoms with van der Waals surface area (Å²) in [6, 6.07) is 0. The van der Waals surface area contributed by atoms with Gasteiger partial charge in [-0.1, -0.05) is 5.92 Å². The summed E-state index contributed by atoms with van der Waals surface area (Å²) < 4.78 is 0. The molecule has 0 aromatic carbocycles. The average molecular weight is 335 g/mol. The zero-order chi connectivity index (χ0) is 16.3. The van der Waals surface area contributed by atoms with Crippen LogP contribution < -0.4 is 10.9 Å². The van der Waals surface area contributed by atoms with Crippen LogP contribution in [0.1, 0.15) is 23.2 Å². The van der Waals surface area contributed by atoms with Crippen molar-refractivity contribution in [1.29, 1.82) is 0 Å². The zero-order valence-corrected chi connectivity index (χ0v) is 14.3. The Bertz CT molecular complexity index is 801. The molecule has 2 N–H and O–H groups in total. The fraction of sp³-hybridized carbons (Fsp3) is 0.400. The summed E-state index contributed by atoms with van der Waals surface area (Å²) in [5, 5.41) is 3.03. The maximum atomic E-state index is 12.2. The number of nitrogens with zero attached hydrogens (tertiary/aromatic N) is 1. The van der Waals surface area contributed by atoms with Crippen LogP contribution in [0.15, 0.2) is 4.79 Å². The second kappa shape index (κ2) is 6.99. The molecule has 2 aromatic rings. The van der Waals surface area contributed by atoms with E-state index in [1.54, 1.807) is 6.92 Å². The van der Waals surface area contributed by atoms with Crippen LogP contribution >= 0.6 is 23.1 Å². The van der Waals surface area contributed by atoms with Gasteiger partial charge in [0.1, 0.15) is 10.7 Å². The van der Waals surface area contributed by atoms with Crippen LogP contribution in [-0.4, -0.2) is 27.7 Å². The number of aromatic nitrogens is 2. The van der Waals surface area contributed by atoms with Crippen molar-refractivity contribution in [2.75, 3.05) is 6.54 Å². The smallest absolute Gasteiger partial charge is 0.259 e. The van der Waals surface area contributed by atoms with Crippen LogP contribution in [0.5, 0.6) is 0 Å². The summed E-state index contributed by atoms with van der Waals surface area (Å²) in [7, 11) is 0. The molecule has 2 heterocycles. The van der Waals surface area contributed by atoms with Crippen molar-refractivity contribution >= 4 is 39.2 Å². The molecule has 2 aromatic heterocycles. The van der Waals surface area contributed by atoms with Crippen molar-refractivity contribution in [3.8, 4) is 12.3 Å². The van der Waals surface area contributed by atoms with Gasteiger partial charge in [-0.15, -0.1) is 29.5 Å². The summed E-state index contributed by atoms with van der Waals surface area (Å²) in [5.41, 5.74) is 0.863. The van der Waals surface area contributed by atoms with Crippen LogP contribution in [0.3, 0.4) is 0 Å². The summed E-state index contributed by atoms with van der Waals surface area (Å²) in [6.07, 6.45) is 5.11. The number of aryl methyl sites for hydroxylation is 2. The van der Waals surface area contributed by atoms with Crippen LogP contribution in [0.2, 0.25) is 0 Å². The van der Waals surface area contributed by atoms with E-state index in [0.29, 0.717) is 17.0 Å². The van der Waals surface area contributed by atoms with Crippen molar-refractivity contribution in [3.05, 3.63) is 26.6 Å². The second-order valence-electron chi connectivity index (χ2n) is 4.85. The Balaban J connectivity index is 2.11. The van der Waals surface area contributed by atoms with Gasteiger partial charge in [-0.3, -0.25) is 9.59 Å². The number of thioether (sulfide) groups is 1. The van der Waals surface area contributed by atoms with Crippen LogP contribution in [0.25, 0.3) is 10.2 Å². The first-order chi connectivity index (χ1) is 10.4. The molecule has 0 aliphatic carbocycles. The maximum absolute atomic E-state index is 12.2. The van der Waals surface area contributed by atoms with E-state index in [1.165, 1.54) is 23.1 Å². The predicted molar refractivity (Wildman–Crippen MR) is 92.3 cm³/mol. The molecule has 0 saturated carbocycles. The summed E-state index contributed by atoms with van der Waals surface area (Å²) in [6.45, 7) is 5.93. The van der Waals surface area contributed by atoms with Crippen molar-refractivity contribution in [1.82, 2.24) is 15.3 Å². The number of hydrogen-bond donors (Lipinski definition) is 2. The molecule has 1 unspecified atom stereocenters. The highest BCUT2D eigenvalue weighted by Crippen LogP contribution is 2.26. The molecular formula is C15H17N3O2S2. The molecule has 0 aliphatic heterocycles. The molecular weight excluding hydrogens is 318 g/mol. The standard InChI is InChI=1S/C15H17N3O2S2/c1-5-6-16-13(19)10(4)21-7-11-17-14(20)12-8(2)9(3)22-15(12)18-11/h1,10H,6-7H2,2-4H3,(H,16,19)(H,17,18,20). The summed E-state index contributed by atoms with van der Waals surface area (Å²) in [4.78, 5) is 33.0. The normalized spacial score (nSPS) is 12.1. The molecule has 1 atom stereocenters. The first kappa shape index (κ1) is 16.6. The molecule has 22 heavy (non-hydrogen) atoms. The van der Waals surface area contributed by atoms with Crippen molar-refractivity contribution in [2.24, 2.45) is 0 Å². The lowest BCUT2D eigenvalue weighted by Crippen LogP contribution is -2.31. The van der Waals surface area contributed by atoms with Gasteiger partial charge < -0.3 is 10.3 Å². The summed E-state index contributed by atoms with van der Waals surface area (Å²) in [5.74, 6) is 3.29. The highest BCUT2D eigenvalue weighted by molar-refractivity contribution is 7.99. The molecule has 0 aliphatic rings. The minimum absolute atomic E-state index is 0.116. The number of fused-ring (bicyclic) bond motifs is 1. The molecule has 2 rings (SSSR count). The zero-order valence-electron chi connectivity index (χ0n) is 12.6. The first-order valence-electron chi connectivity index (χ1n) is 6.75. The first-order valence-corrected chi connectivity index (χ1v) is 8.62. The quantitative estimate of drug-likeness (QED) is 0.819. The fourth-order valence-electron chi connectivity index (χ4n) is 1.93. The highest BCUT2D eigenvalue weighted by Gasteiger charge is 2.15. The lowest BCUT2D eigenvalue weighted by molar-refractivity contribution is -0.120. The van der Waals surface area contributed by atoms with E-state index in [4.69, 9.17) is 6.42 Å². The van der Waals surface area contributed by atoms with Crippen LogP contribution in [0, 0.1) is 26.2 Å². The van der Waals surface area contributed by atoms with Gasteiger partial charge in [-0.25, -0.2) is 4.98 Å². The van der Waals surface area contributed by atoms with Gasteiger partial charge in [0.05, 0.1) is 22.9 Å². The molecule has 0 saturated heterocycles. The van der Waals surface area contributed by atoms with E-state index in [-0.39, 0.29) is 23.3 Å². The van der Waals surface area contributed by atoms with E-state index in [1.807, 2.05) is 13.8 Å². The third-order valence-corrected chi connectivity index (χ3v) is 5.55. The number of H-pyrrole nitrogens is 1. The Hall–Kier alpha value is -1.78. The van der Waals surface area contributed by atoms with Gasteiger partial charge in [0.25, 0.3) is 5.56 Å². The Labute approximate surface area is 136 Å². The van der Waals surface area contributed by atoms with Gasteiger partial charge in [-0.05, 0) is 26.3 Å². The molecule has 0 fully saturated rings. The number of hydrogen-bond acceptors (Lipinski definition) is 5. The molecule has 5 nitrogen and oxygen atoms in total. The Morgan fingerprint density at radius 1 is 1.55 bits per heavy atom. The average Bonchev–Trinajstić information content (AvgIpc) is 2.77. The van der Waals surface area contributed by atoms with Crippen molar-refractivity contribution < 1.29 is 4.79 Å². The maximum Gasteiger partial charge on any atom is 0.259 e. The topological polar surface area (TPSA) is 74.8 Å². The number of amides is 1. The fourth-order valence-corrected chi connectivity index (χ4v) is 3.76. The van der Waals surface area contributed by atoms with Gasteiger partial charge in [-0.2, -0.15) is 0 Å². The highest BCUT2D eigenvalue weighted by atomic mass is 32.2. The van der Waals surface area contributed by atoms with Crippen LogP contribution in [-0.2, 0) is 10.5 Å². The largest absolute Gasteiger partial charge is 0.344 e. The second-order valence-corrected chi connectivity index (χ2v) is 7.38. The minimum atomic E-state index is -0.263. The van der Waals surface area contributed by atoms with Crippen molar-refractivity contribution in [2.45, 2.75) is 31.8 Å². The number of terminal acetylenes is 1. The third-order valence-electron chi connectivity index (χ3n) is 3.29. The third kappa shape index (κ3) is 3.51. The van der Waals surface area contributed by atoms with E-state index >= 15 is 0 Å². The Morgan fingerprint density at radius 2 is 2.27 bits per heavy atom. The van der Waals surface area contributed by atoms with E-state index < -0.39 is 0 Å². The molecule has 0 bridgehead atoms. The molecule has 116 valence electrons. The number of nitrogens with one attached hydrogen (secondary N) is 2. The predicted octanol–water partition coefficient (Wildman–Crippen LogP) is 1.97. The Morgan fingerprint density at radius 3 is 2.95 bits per heavy atom. The van der Waals surface area contributed by atoms with E-state index in [2.05, 4.69) is 21.2 Å². The van der Waals surface area contributed by atoms with Crippen LogP contribution in [0.4, 0.5) is 0 Å². The van der Waals surface area contributed by atoms with Gasteiger partial charge >= 0.3 is 0 Å². The molecule has 1 amide bonds. The van der Waals surface area contributed by atoms with Gasteiger partial charge in [0.15, 0.2) is 0 Å². The monoisotopic (exact) mass is 335 g/mol. The van der Waals surface area contributed by atoms with E-state index in [9.17, 15) is 9.59 Å². The lowest BCUT2D eigenvalue weighted by atomic mass is 10.2. The number of aromatic amines is 1. The van der Waals surface area contributed by atoms with E-state index in [0.717, 1.165) is 15.3 Å². The van der Waals surface area contributed by atoms with Gasteiger partial charge in [0, 0.05) is 4.88 Å². The Kier molecular flexibility index (Phi) is 5.27. The number of carbonyl (C=O) groups is 1. The summed E-state index contributed by atoms with van der Waals surface area (Å²) >= 11 is 2.92. The molecule has 7 heteroatoms. The number of rotatable bonds is 5. The number of carbonyl (C=O) groups excluding carboxylic acids is 1. The number of thiophene rings is 1. The lowest BCUT2D eigenvalue weighted by Gasteiger charge is -2.10. The van der Waals surface area contributed by atoms with Crippen molar-refractivity contribution in [3.63, 3.8) is 0 Å². The SMILES string of the molecule is C#CCNC(=O)C(C)SCc1nc2sc(C)c(C)c2c(=O)[nH]1.